The summed E-state index contributed by atoms with van der Waals surface area (Å²) < 4.78 is 54.6. The lowest BCUT2D eigenvalue weighted by Crippen LogP contribution is -2.53. The van der Waals surface area contributed by atoms with Crippen molar-refractivity contribution in [3.05, 3.63) is 106 Å². The van der Waals surface area contributed by atoms with Crippen molar-refractivity contribution in [2.75, 3.05) is 40.3 Å². The van der Waals surface area contributed by atoms with Gasteiger partial charge in [-0.1, -0.05) is 51.1 Å². The first-order valence-electron chi connectivity index (χ1n) is 17.0. The molecule has 0 bridgehead atoms. The SMILES string of the molecule is CCCN(CC(O)C(Cc1cc(F)cc(F)c1)NC(=O)c1cc(C(=O)N(C)C)cc(C(=O)N(CCC)CCC)c1)NS(=O)(=O)Cc1ccccc1. The van der Waals surface area contributed by atoms with Crippen molar-refractivity contribution in [3.8, 4) is 0 Å². The van der Waals surface area contributed by atoms with Crippen LogP contribution in [0, 0.1) is 11.6 Å². The number of hydrogen-bond donors (Lipinski definition) is 3. The number of aliphatic hydroxyl groups excluding tert-OH is 1. The van der Waals surface area contributed by atoms with E-state index in [9.17, 15) is 36.7 Å². The number of carbonyl (C=O) groups is 3. The van der Waals surface area contributed by atoms with E-state index in [-0.39, 0.29) is 53.4 Å². The van der Waals surface area contributed by atoms with Crippen LogP contribution in [0.2, 0.25) is 0 Å². The first-order valence-corrected chi connectivity index (χ1v) is 18.7. The number of hydrazine groups is 1. The fourth-order valence-electron chi connectivity index (χ4n) is 5.64. The number of aliphatic hydroxyl groups is 1. The predicted molar refractivity (Wildman–Crippen MR) is 192 cm³/mol. The molecule has 0 fully saturated rings. The normalized spacial score (nSPS) is 12.7. The van der Waals surface area contributed by atoms with E-state index in [2.05, 4.69) is 10.1 Å². The highest BCUT2D eigenvalue weighted by Crippen LogP contribution is 2.18. The average Bonchev–Trinajstić information content (AvgIpc) is 3.06. The minimum Gasteiger partial charge on any atom is -0.390 e. The second-order valence-corrected chi connectivity index (χ2v) is 14.4. The molecule has 11 nitrogen and oxygen atoms in total. The Morgan fingerprint density at radius 3 is 1.86 bits per heavy atom. The van der Waals surface area contributed by atoms with Gasteiger partial charge in [0.1, 0.15) is 11.6 Å². The minimum absolute atomic E-state index is 0.0457. The molecule has 3 rings (SSSR count). The Morgan fingerprint density at radius 2 is 1.31 bits per heavy atom. The highest BCUT2D eigenvalue weighted by molar-refractivity contribution is 7.88. The number of benzene rings is 3. The molecule has 3 aromatic carbocycles. The third-order valence-electron chi connectivity index (χ3n) is 7.90. The van der Waals surface area contributed by atoms with Crippen molar-refractivity contribution >= 4 is 27.7 Å². The van der Waals surface area contributed by atoms with E-state index in [1.807, 2.05) is 20.8 Å². The number of halogens is 2. The zero-order valence-electron chi connectivity index (χ0n) is 29.9. The first kappa shape index (κ1) is 41.2. The topological polar surface area (TPSA) is 139 Å². The smallest absolute Gasteiger partial charge is 0.253 e. The van der Waals surface area contributed by atoms with Gasteiger partial charge in [-0.3, -0.25) is 14.4 Å². The van der Waals surface area contributed by atoms with Crippen molar-refractivity contribution in [2.24, 2.45) is 0 Å². The first-order chi connectivity index (χ1) is 24.2. The fourth-order valence-corrected chi connectivity index (χ4v) is 6.89. The number of amides is 3. The molecule has 2 atom stereocenters. The van der Waals surface area contributed by atoms with E-state index in [0.717, 1.165) is 12.1 Å². The molecule has 2 unspecified atom stereocenters. The Balaban J connectivity index is 1.98. The molecule has 0 radical (unpaired) electrons. The van der Waals surface area contributed by atoms with Gasteiger partial charge in [-0.25, -0.2) is 22.2 Å². The summed E-state index contributed by atoms with van der Waals surface area (Å²) in [5.41, 5.74) is 0.859. The maximum Gasteiger partial charge on any atom is 0.253 e. The van der Waals surface area contributed by atoms with Crippen molar-refractivity contribution < 1.29 is 36.7 Å². The molecule has 0 heterocycles. The third-order valence-corrected chi connectivity index (χ3v) is 9.15. The largest absolute Gasteiger partial charge is 0.390 e. The van der Waals surface area contributed by atoms with E-state index in [4.69, 9.17) is 0 Å². The Hall–Kier alpha value is -4.24. The molecule has 3 amide bonds. The molecule has 0 spiro atoms. The third kappa shape index (κ3) is 12.8. The number of hydrogen-bond acceptors (Lipinski definition) is 7. The predicted octanol–water partition coefficient (Wildman–Crippen LogP) is 4.38. The zero-order chi connectivity index (χ0) is 37.7. The summed E-state index contributed by atoms with van der Waals surface area (Å²) in [6.45, 7) is 6.55. The van der Waals surface area contributed by atoms with Crippen LogP contribution in [0.4, 0.5) is 8.78 Å². The maximum absolute atomic E-state index is 14.2. The molecule has 14 heteroatoms. The summed E-state index contributed by atoms with van der Waals surface area (Å²) >= 11 is 0. The van der Waals surface area contributed by atoms with Gasteiger partial charge in [0.05, 0.1) is 17.9 Å². The quantitative estimate of drug-likeness (QED) is 0.156. The molecule has 0 saturated heterocycles. The van der Waals surface area contributed by atoms with Gasteiger partial charge in [0.25, 0.3) is 17.7 Å². The number of carbonyl (C=O) groups excluding carboxylic acids is 3. The van der Waals surface area contributed by atoms with Crippen molar-refractivity contribution in [1.82, 2.24) is 25.0 Å². The Morgan fingerprint density at radius 1 is 0.765 bits per heavy atom. The van der Waals surface area contributed by atoms with Gasteiger partial charge in [-0.05, 0) is 67.1 Å². The van der Waals surface area contributed by atoms with E-state index < -0.39 is 45.6 Å². The highest BCUT2D eigenvalue weighted by Gasteiger charge is 2.28. The molecule has 51 heavy (non-hydrogen) atoms. The van der Waals surface area contributed by atoms with Crippen molar-refractivity contribution in [2.45, 2.75) is 64.4 Å². The van der Waals surface area contributed by atoms with Crippen LogP contribution in [0.3, 0.4) is 0 Å². The maximum atomic E-state index is 14.2. The van der Waals surface area contributed by atoms with Gasteiger partial charge < -0.3 is 20.2 Å². The van der Waals surface area contributed by atoms with Crippen LogP contribution in [0.25, 0.3) is 0 Å². The summed E-state index contributed by atoms with van der Waals surface area (Å²) in [5, 5.41) is 15.6. The lowest BCUT2D eigenvalue weighted by molar-refractivity contribution is 0.0618. The lowest BCUT2D eigenvalue weighted by Gasteiger charge is -2.30. The summed E-state index contributed by atoms with van der Waals surface area (Å²) in [6, 6.07) is 14.4. The number of rotatable bonds is 19. The molecule has 0 aliphatic carbocycles. The molecular weight excluding hydrogens is 680 g/mol. The van der Waals surface area contributed by atoms with Crippen LogP contribution < -0.4 is 10.1 Å². The molecule has 0 aliphatic rings. The average molecular weight is 730 g/mol. The Kier molecular flexibility index (Phi) is 15.7. The number of sulfonamides is 1. The molecule has 278 valence electrons. The van der Waals surface area contributed by atoms with Crippen LogP contribution in [-0.2, 0) is 22.2 Å². The van der Waals surface area contributed by atoms with Gasteiger partial charge in [-0.2, -0.15) is 0 Å². The lowest BCUT2D eigenvalue weighted by atomic mass is 9.98. The second-order valence-electron chi connectivity index (χ2n) is 12.7. The van der Waals surface area contributed by atoms with Gasteiger partial charge in [-0.15, -0.1) is 4.83 Å². The monoisotopic (exact) mass is 729 g/mol. The molecule has 0 aliphatic heterocycles. The van der Waals surface area contributed by atoms with E-state index in [1.165, 1.54) is 42.2 Å². The molecule has 3 aromatic rings. The van der Waals surface area contributed by atoms with Crippen molar-refractivity contribution in [1.29, 1.82) is 0 Å². The summed E-state index contributed by atoms with van der Waals surface area (Å²) in [6.07, 6.45) is 0.216. The molecule has 3 N–H and O–H groups in total. The van der Waals surface area contributed by atoms with E-state index in [1.54, 1.807) is 35.2 Å². The Bertz CT molecular complexity index is 1720. The fraction of sp³-hybridized carbons (Fsp3) is 0.432. The summed E-state index contributed by atoms with van der Waals surface area (Å²) in [7, 11) is -0.827. The molecule has 0 saturated carbocycles. The Labute approximate surface area is 299 Å². The summed E-state index contributed by atoms with van der Waals surface area (Å²) in [5.74, 6) is -3.58. The van der Waals surface area contributed by atoms with E-state index >= 15 is 0 Å². The van der Waals surface area contributed by atoms with Crippen LogP contribution >= 0.6 is 0 Å². The molecular formula is C37H49F2N5O6S. The van der Waals surface area contributed by atoms with Crippen LogP contribution in [0.5, 0.6) is 0 Å². The van der Waals surface area contributed by atoms with Crippen LogP contribution in [0.15, 0.2) is 66.7 Å². The van der Waals surface area contributed by atoms with Gasteiger partial charge in [0.2, 0.25) is 10.0 Å². The van der Waals surface area contributed by atoms with E-state index in [0.29, 0.717) is 44.0 Å². The summed E-state index contributed by atoms with van der Waals surface area (Å²) in [4.78, 5) is 46.0. The standard InChI is InChI=1S/C37H49F2N5O6S/c1-6-14-43(15-7-2)37(48)30-21-28(20-29(22-30)36(47)42(4)5)35(46)40-33(19-27-17-31(38)23-32(39)18-27)34(45)24-44(16-8-3)41-51(49,50)25-26-12-10-9-11-13-26/h9-13,17-18,20-23,33-34,41,45H,6-8,14-16,19,24-25H2,1-5H3,(H,40,46). The van der Waals surface area contributed by atoms with Crippen molar-refractivity contribution in [3.63, 3.8) is 0 Å². The van der Waals surface area contributed by atoms with Crippen LogP contribution in [-0.4, -0.2) is 98.5 Å². The van der Waals surface area contributed by atoms with Crippen LogP contribution in [0.1, 0.15) is 82.2 Å². The second kappa shape index (κ2) is 19.4. The van der Waals surface area contributed by atoms with Gasteiger partial charge >= 0.3 is 0 Å². The number of nitrogens with one attached hydrogen (secondary N) is 2. The zero-order valence-corrected chi connectivity index (χ0v) is 30.7. The minimum atomic E-state index is -3.91. The molecule has 0 aromatic heterocycles. The number of nitrogens with zero attached hydrogens (tertiary/aromatic N) is 3. The van der Waals surface area contributed by atoms with Gasteiger partial charge in [0.15, 0.2) is 0 Å². The van der Waals surface area contributed by atoms with Gasteiger partial charge in [0, 0.05) is 63.0 Å². The highest BCUT2D eigenvalue weighted by atomic mass is 32.2.